The second-order valence-corrected chi connectivity index (χ2v) is 7.89. The van der Waals surface area contributed by atoms with E-state index in [9.17, 15) is 31.5 Å². The van der Waals surface area contributed by atoms with Gasteiger partial charge in [0.2, 0.25) is 5.91 Å². The fourth-order valence-electron chi connectivity index (χ4n) is 3.69. The molecule has 0 fully saturated rings. The number of nitrogens with two attached hydrogens (primary N) is 1. The maximum absolute atomic E-state index is 14.3. The average molecular weight is 514 g/mol. The van der Waals surface area contributed by atoms with Gasteiger partial charge >= 0.3 is 6.18 Å². The standard InChI is InChI=1S/C24H15F5N6O2/c1-11-20(21(24(27,28)29)34-35(11)10-13-6-5-12(9-30)7-16(13)26)33-23(37)18-8-14(22(31)36)19-15(25)3-2-4-17(19)32-18/h2-8H,10H2,1H3,(H2,31,36)(H,33,37). The molecule has 2 heterocycles. The second-order valence-electron chi connectivity index (χ2n) is 7.89. The number of nitriles is 1. The molecule has 188 valence electrons. The van der Waals surface area contributed by atoms with Crippen molar-refractivity contribution >= 4 is 28.4 Å². The molecule has 3 N–H and O–H groups in total. The van der Waals surface area contributed by atoms with Crippen LogP contribution in [0.25, 0.3) is 10.9 Å². The van der Waals surface area contributed by atoms with Gasteiger partial charge in [0.05, 0.1) is 40.6 Å². The highest BCUT2D eigenvalue weighted by atomic mass is 19.4. The predicted octanol–water partition coefficient (Wildman–Crippen LogP) is 4.31. The summed E-state index contributed by atoms with van der Waals surface area (Å²) in [5.41, 5.74) is 1.98. The first-order chi connectivity index (χ1) is 17.4. The van der Waals surface area contributed by atoms with Crippen molar-refractivity contribution in [2.45, 2.75) is 19.6 Å². The number of benzene rings is 2. The molecule has 0 aliphatic rings. The molecule has 8 nitrogen and oxygen atoms in total. The Kier molecular flexibility index (Phi) is 6.35. The molecule has 0 bridgehead atoms. The van der Waals surface area contributed by atoms with E-state index in [-0.39, 0.29) is 33.3 Å². The van der Waals surface area contributed by atoms with E-state index < -0.39 is 53.2 Å². The molecule has 0 spiro atoms. The van der Waals surface area contributed by atoms with E-state index in [0.29, 0.717) is 0 Å². The second kappa shape index (κ2) is 9.30. The Balaban J connectivity index is 1.75. The number of hydrogen-bond donors (Lipinski definition) is 2. The first-order valence-corrected chi connectivity index (χ1v) is 10.4. The molecule has 0 saturated heterocycles. The van der Waals surface area contributed by atoms with Crippen LogP contribution < -0.4 is 11.1 Å². The molecular formula is C24H15F5N6O2. The molecule has 13 heteroatoms. The van der Waals surface area contributed by atoms with E-state index in [4.69, 9.17) is 11.0 Å². The SMILES string of the molecule is Cc1c(NC(=O)c2cc(C(N)=O)c3c(F)cccc3n2)c(C(F)(F)F)nn1Cc1ccc(C#N)cc1F. The van der Waals surface area contributed by atoms with E-state index >= 15 is 0 Å². The molecule has 37 heavy (non-hydrogen) atoms. The predicted molar refractivity (Wildman–Crippen MR) is 120 cm³/mol. The number of fused-ring (bicyclic) bond motifs is 1. The first-order valence-electron chi connectivity index (χ1n) is 10.4. The molecule has 2 amide bonds. The molecule has 2 aromatic carbocycles. The number of amides is 2. The summed E-state index contributed by atoms with van der Waals surface area (Å²) < 4.78 is 70.8. The molecule has 0 aliphatic carbocycles. The fourth-order valence-corrected chi connectivity index (χ4v) is 3.69. The number of hydrogen-bond acceptors (Lipinski definition) is 5. The van der Waals surface area contributed by atoms with Gasteiger partial charge in [-0.1, -0.05) is 12.1 Å². The van der Waals surface area contributed by atoms with Crippen LogP contribution in [-0.2, 0) is 12.7 Å². The van der Waals surface area contributed by atoms with Crippen molar-refractivity contribution in [3.05, 3.63) is 87.9 Å². The number of carbonyl (C=O) groups excluding carboxylic acids is 2. The number of alkyl halides is 3. The number of carbonyl (C=O) groups is 2. The largest absolute Gasteiger partial charge is 0.437 e. The van der Waals surface area contributed by atoms with Gasteiger partial charge in [-0.15, -0.1) is 0 Å². The zero-order chi connectivity index (χ0) is 27.1. The van der Waals surface area contributed by atoms with Crippen LogP contribution in [0.1, 0.15) is 43.4 Å². The van der Waals surface area contributed by atoms with Crippen molar-refractivity contribution in [3.8, 4) is 6.07 Å². The number of aromatic nitrogens is 3. The van der Waals surface area contributed by atoms with Crippen molar-refractivity contribution in [1.82, 2.24) is 14.8 Å². The molecule has 4 rings (SSSR count). The van der Waals surface area contributed by atoms with Crippen molar-refractivity contribution < 1.29 is 31.5 Å². The molecule has 0 aliphatic heterocycles. The van der Waals surface area contributed by atoms with Gasteiger partial charge in [0.15, 0.2) is 5.69 Å². The monoisotopic (exact) mass is 514 g/mol. The summed E-state index contributed by atoms with van der Waals surface area (Å²) in [7, 11) is 0. The molecule has 0 saturated carbocycles. The smallest absolute Gasteiger partial charge is 0.366 e. The summed E-state index contributed by atoms with van der Waals surface area (Å²) in [4.78, 5) is 28.8. The Morgan fingerprint density at radius 2 is 1.86 bits per heavy atom. The molecule has 0 radical (unpaired) electrons. The van der Waals surface area contributed by atoms with Crippen molar-refractivity contribution in [2.24, 2.45) is 5.73 Å². The topological polar surface area (TPSA) is 127 Å². The van der Waals surface area contributed by atoms with E-state index in [0.717, 1.165) is 22.9 Å². The molecule has 2 aromatic heterocycles. The van der Waals surface area contributed by atoms with E-state index in [1.165, 1.54) is 31.2 Å². The van der Waals surface area contributed by atoms with Crippen molar-refractivity contribution in [1.29, 1.82) is 5.26 Å². The van der Waals surface area contributed by atoms with Gasteiger partial charge < -0.3 is 11.1 Å². The zero-order valence-corrected chi connectivity index (χ0v) is 18.8. The lowest BCUT2D eigenvalue weighted by atomic mass is 10.1. The fraction of sp³-hybridized carbons (Fsp3) is 0.125. The third-order valence-corrected chi connectivity index (χ3v) is 5.50. The van der Waals surface area contributed by atoms with Gasteiger partial charge in [0.1, 0.15) is 17.3 Å². The summed E-state index contributed by atoms with van der Waals surface area (Å²) in [6.45, 7) is 0.805. The number of halogens is 5. The zero-order valence-electron chi connectivity index (χ0n) is 18.8. The summed E-state index contributed by atoms with van der Waals surface area (Å²) in [6.07, 6.45) is -5.00. The van der Waals surface area contributed by atoms with Crippen LogP contribution in [0, 0.1) is 29.9 Å². The van der Waals surface area contributed by atoms with Crippen molar-refractivity contribution in [2.75, 3.05) is 5.32 Å². The minimum atomic E-state index is -5.00. The highest BCUT2D eigenvalue weighted by molar-refractivity contribution is 6.10. The number of primary amides is 1. The number of pyridine rings is 1. The first kappa shape index (κ1) is 25.2. The van der Waals surface area contributed by atoms with Gasteiger partial charge in [-0.05, 0) is 37.3 Å². The van der Waals surface area contributed by atoms with Crippen LogP contribution in [0.5, 0.6) is 0 Å². The minimum absolute atomic E-state index is 0.0282. The highest BCUT2D eigenvalue weighted by Gasteiger charge is 2.39. The number of nitrogens with one attached hydrogen (secondary N) is 1. The van der Waals surface area contributed by atoms with Gasteiger partial charge in [-0.3, -0.25) is 14.3 Å². The Morgan fingerprint density at radius 1 is 1.14 bits per heavy atom. The maximum atomic E-state index is 14.3. The van der Waals surface area contributed by atoms with Crippen LogP contribution in [-0.4, -0.2) is 26.6 Å². The summed E-state index contributed by atoms with van der Waals surface area (Å²) in [6, 6.07) is 9.74. The quantitative estimate of drug-likeness (QED) is 0.384. The lowest BCUT2D eigenvalue weighted by Crippen LogP contribution is -2.20. The number of rotatable bonds is 5. The van der Waals surface area contributed by atoms with Gasteiger partial charge in [0.25, 0.3) is 5.91 Å². The number of nitrogens with zero attached hydrogens (tertiary/aromatic N) is 4. The Bertz CT molecular complexity index is 1620. The average Bonchev–Trinajstić information content (AvgIpc) is 3.15. The normalized spacial score (nSPS) is 11.4. The summed E-state index contributed by atoms with van der Waals surface area (Å²) in [5, 5.41) is 14.2. The van der Waals surface area contributed by atoms with E-state index in [1.807, 2.05) is 0 Å². The van der Waals surface area contributed by atoms with Crippen LogP contribution in [0.15, 0.2) is 42.5 Å². The van der Waals surface area contributed by atoms with Crippen LogP contribution >= 0.6 is 0 Å². The molecule has 0 atom stereocenters. The van der Waals surface area contributed by atoms with Crippen LogP contribution in [0.2, 0.25) is 0 Å². The highest BCUT2D eigenvalue weighted by Crippen LogP contribution is 2.36. The Hall–Kier alpha value is -4.86. The van der Waals surface area contributed by atoms with Crippen molar-refractivity contribution in [3.63, 3.8) is 0 Å². The minimum Gasteiger partial charge on any atom is -0.366 e. The summed E-state index contributed by atoms with van der Waals surface area (Å²) >= 11 is 0. The lowest BCUT2D eigenvalue weighted by Gasteiger charge is -2.11. The molecular weight excluding hydrogens is 499 g/mol. The summed E-state index contributed by atoms with van der Waals surface area (Å²) in [5.74, 6) is -3.86. The van der Waals surface area contributed by atoms with Gasteiger partial charge in [-0.25, -0.2) is 13.8 Å². The van der Waals surface area contributed by atoms with Crippen LogP contribution in [0.3, 0.4) is 0 Å². The third kappa shape index (κ3) is 4.81. The third-order valence-electron chi connectivity index (χ3n) is 5.50. The molecule has 0 unspecified atom stereocenters. The van der Waals surface area contributed by atoms with Crippen LogP contribution in [0.4, 0.5) is 27.6 Å². The maximum Gasteiger partial charge on any atom is 0.437 e. The Labute approximate surface area is 205 Å². The number of anilines is 1. The molecule has 4 aromatic rings. The lowest BCUT2D eigenvalue weighted by molar-refractivity contribution is -0.140. The van der Waals surface area contributed by atoms with Gasteiger partial charge in [-0.2, -0.15) is 23.5 Å². The van der Waals surface area contributed by atoms with Gasteiger partial charge in [0, 0.05) is 10.9 Å². The Morgan fingerprint density at radius 3 is 2.49 bits per heavy atom. The van der Waals surface area contributed by atoms with E-state index in [2.05, 4.69) is 15.4 Å². The van der Waals surface area contributed by atoms with E-state index in [1.54, 1.807) is 6.07 Å².